The molecule has 6 nitrogen and oxygen atoms in total. The predicted octanol–water partition coefficient (Wildman–Crippen LogP) is 2.74. The Balaban J connectivity index is 1.61. The topological polar surface area (TPSA) is 79.7 Å². The van der Waals surface area contributed by atoms with E-state index in [1.54, 1.807) is 17.0 Å². The Hall–Kier alpha value is -2.89. The molecule has 0 saturated carbocycles. The van der Waals surface area contributed by atoms with Gasteiger partial charge in [-0.05, 0) is 24.5 Å². The second kappa shape index (κ2) is 7.79. The number of pyridine rings is 1. The van der Waals surface area contributed by atoms with Crippen molar-refractivity contribution in [3.05, 3.63) is 59.8 Å². The second-order valence-corrected chi connectivity index (χ2v) is 6.05. The molecule has 1 N–H and O–H groups in total. The lowest BCUT2D eigenvalue weighted by molar-refractivity contribution is -0.137. The smallest absolute Gasteiger partial charge is 0.305 e. The number of carboxylic acid groups (broad SMARTS) is 1. The number of carbonyl (C=O) groups excluding carboxylic acids is 1. The molecule has 1 saturated heterocycles. The molecule has 2 heterocycles. The number of ether oxygens (including phenoxy) is 1. The average Bonchev–Trinajstić information content (AvgIpc) is 3.08. The third-order valence-electron chi connectivity index (χ3n) is 4.26. The molecule has 130 valence electrons. The van der Waals surface area contributed by atoms with Gasteiger partial charge in [-0.1, -0.05) is 30.3 Å². The fraction of sp³-hybridized carbons (Fsp3) is 0.316. The molecule has 1 aliphatic rings. The summed E-state index contributed by atoms with van der Waals surface area (Å²) in [5.74, 6) is -0.609. The number of hydrogen-bond donors (Lipinski definition) is 1. The van der Waals surface area contributed by atoms with E-state index in [4.69, 9.17) is 9.84 Å². The molecule has 6 heteroatoms. The minimum absolute atomic E-state index is 0.0164. The van der Waals surface area contributed by atoms with Gasteiger partial charge >= 0.3 is 5.97 Å². The summed E-state index contributed by atoms with van der Waals surface area (Å²) in [7, 11) is 0. The van der Waals surface area contributed by atoms with Crippen molar-refractivity contribution in [1.82, 2.24) is 9.88 Å². The summed E-state index contributed by atoms with van der Waals surface area (Å²) in [6.45, 7) is 0.997. The number of nitrogens with zero attached hydrogens (tertiary/aromatic N) is 2. The van der Waals surface area contributed by atoms with E-state index in [0.717, 1.165) is 18.4 Å². The Bertz CT molecular complexity index is 731. The Labute approximate surface area is 146 Å². The van der Waals surface area contributed by atoms with E-state index in [1.807, 2.05) is 30.3 Å². The number of likely N-dealkylation sites (tertiary alicyclic amines) is 1. The maximum Gasteiger partial charge on any atom is 0.305 e. The van der Waals surface area contributed by atoms with Crippen molar-refractivity contribution in [3.63, 3.8) is 0 Å². The zero-order valence-electron chi connectivity index (χ0n) is 13.8. The molecule has 1 fully saturated rings. The number of aliphatic carboxylic acids is 1. The molecule has 0 aliphatic carbocycles. The van der Waals surface area contributed by atoms with Crippen molar-refractivity contribution >= 4 is 11.9 Å². The van der Waals surface area contributed by atoms with Gasteiger partial charge in [-0.25, -0.2) is 4.98 Å². The van der Waals surface area contributed by atoms with Crippen molar-refractivity contribution < 1.29 is 19.4 Å². The molecule has 1 aliphatic heterocycles. The van der Waals surface area contributed by atoms with Crippen molar-refractivity contribution in [3.8, 4) is 5.88 Å². The van der Waals surface area contributed by atoms with Crippen LogP contribution in [0, 0.1) is 0 Å². The maximum atomic E-state index is 12.6. The molecule has 1 unspecified atom stereocenters. The third-order valence-corrected chi connectivity index (χ3v) is 4.26. The van der Waals surface area contributed by atoms with Gasteiger partial charge in [-0.2, -0.15) is 0 Å². The van der Waals surface area contributed by atoms with Crippen LogP contribution in [0.25, 0.3) is 0 Å². The molecule has 1 atom stereocenters. The molecule has 3 rings (SSSR count). The summed E-state index contributed by atoms with van der Waals surface area (Å²) in [5, 5.41) is 8.97. The normalized spacial score (nSPS) is 16.6. The van der Waals surface area contributed by atoms with Crippen LogP contribution < -0.4 is 4.74 Å². The highest BCUT2D eigenvalue weighted by molar-refractivity contribution is 5.94. The van der Waals surface area contributed by atoms with Gasteiger partial charge in [-0.3, -0.25) is 9.59 Å². The van der Waals surface area contributed by atoms with Gasteiger partial charge < -0.3 is 14.7 Å². The standard InChI is InChI=1S/C19H20N2O4/c22-18(23)11-16-7-4-10-21(16)19(24)15-8-9-17(20-12-15)25-13-14-5-2-1-3-6-14/h1-3,5-6,8-9,12,16H,4,7,10-11,13H2,(H,22,23). The van der Waals surface area contributed by atoms with Crippen molar-refractivity contribution in [1.29, 1.82) is 0 Å². The van der Waals surface area contributed by atoms with Gasteiger partial charge in [0.1, 0.15) is 6.61 Å². The average molecular weight is 340 g/mol. The number of carbonyl (C=O) groups is 2. The zero-order chi connectivity index (χ0) is 17.6. The van der Waals surface area contributed by atoms with Gasteiger partial charge in [-0.15, -0.1) is 0 Å². The molecule has 0 radical (unpaired) electrons. The molecular formula is C19H20N2O4. The summed E-state index contributed by atoms with van der Waals surface area (Å²) in [6, 6.07) is 12.9. The molecule has 2 aromatic rings. The maximum absolute atomic E-state index is 12.6. The number of aromatic nitrogens is 1. The van der Waals surface area contributed by atoms with Crippen molar-refractivity contribution in [2.75, 3.05) is 6.54 Å². The first-order valence-corrected chi connectivity index (χ1v) is 8.29. The Morgan fingerprint density at radius 1 is 1.20 bits per heavy atom. The first-order chi connectivity index (χ1) is 12.1. The van der Waals surface area contributed by atoms with E-state index in [2.05, 4.69) is 4.98 Å². The van der Waals surface area contributed by atoms with Crippen LogP contribution in [0.15, 0.2) is 48.7 Å². The van der Waals surface area contributed by atoms with Crippen molar-refractivity contribution in [2.24, 2.45) is 0 Å². The van der Waals surface area contributed by atoms with E-state index in [9.17, 15) is 9.59 Å². The van der Waals surface area contributed by atoms with E-state index in [-0.39, 0.29) is 18.4 Å². The number of carboxylic acids is 1. The fourth-order valence-corrected chi connectivity index (χ4v) is 3.01. The minimum atomic E-state index is -0.882. The van der Waals surface area contributed by atoms with Gasteiger partial charge in [0.2, 0.25) is 5.88 Å². The quantitative estimate of drug-likeness (QED) is 0.874. The first kappa shape index (κ1) is 17.0. The van der Waals surface area contributed by atoms with E-state index in [0.29, 0.717) is 24.6 Å². The lowest BCUT2D eigenvalue weighted by atomic mass is 10.1. The van der Waals surface area contributed by atoms with Crippen LogP contribution in [0.5, 0.6) is 5.88 Å². The highest BCUT2D eigenvalue weighted by Gasteiger charge is 2.31. The van der Waals surface area contributed by atoms with E-state index >= 15 is 0 Å². The van der Waals surface area contributed by atoms with Gasteiger partial charge in [0, 0.05) is 24.8 Å². The number of amides is 1. The van der Waals surface area contributed by atoms with Crippen LogP contribution in [-0.4, -0.2) is 39.5 Å². The van der Waals surface area contributed by atoms with Gasteiger partial charge in [0.05, 0.1) is 12.0 Å². The fourth-order valence-electron chi connectivity index (χ4n) is 3.01. The first-order valence-electron chi connectivity index (χ1n) is 8.29. The van der Waals surface area contributed by atoms with Crippen LogP contribution in [0.4, 0.5) is 0 Å². The van der Waals surface area contributed by atoms with Gasteiger partial charge in [0.25, 0.3) is 5.91 Å². The third kappa shape index (κ3) is 4.35. The lowest BCUT2D eigenvalue weighted by Gasteiger charge is -2.23. The molecule has 0 bridgehead atoms. The van der Waals surface area contributed by atoms with Crippen molar-refractivity contribution in [2.45, 2.75) is 31.9 Å². The van der Waals surface area contributed by atoms with Crippen LogP contribution in [0.1, 0.15) is 35.2 Å². The SMILES string of the molecule is O=C(O)CC1CCCN1C(=O)c1ccc(OCc2ccccc2)nc1. The Kier molecular flexibility index (Phi) is 5.28. The number of hydrogen-bond acceptors (Lipinski definition) is 4. The predicted molar refractivity (Wildman–Crippen MR) is 91.3 cm³/mol. The summed E-state index contributed by atoms with van der Waals surface area (Å²) in [5.41, 5.74) is 1.49. The Morgan fingerprint density at radius 3 is 2.68 bits per heavy atom. The molecular weight excluding hydrogens is 320 g/mol. The summed E-state index contributed by atoms with van der Waals surface area (Å²) < 4.78 is 5.61. The highest BCUT2D eigenvalue weighted by Crippen LogP contribution is 2.23. The lowest BCUT2D eigenvalue weighted by Crippen LogP contribution is -2.36. The summed E-state index contributed by atoms with van der Waals surface area (Å²) in [4.78, 5) is 29.3. The Morgan fingerprint density at radius 2 is 2.00 bits per heavy atom. The van der Waals surface area contributed by atoms with Crippen LogP contribution in [0.2, 0.25) is 0 Å². The van der Waals surface area contributed by atoms with Crippen LogP contribution in [0.3, 0.4) is 0 Å². The molecule has 1 aromatic carbocycles. The monoisotopic (exact) mass is 340 g/mol. The summed E-state index contributed by atoms with van der Waals surface area (Å²) >= 11 is 0. The van der Waals surface area contributed by atoms with E-state index in [1.165, 1.54) is 6.20 Å². The minimum Gasteiger partial charge on any atom is -0.481 e. The largest absolute Gasteiger partial charge is 0.481 e. The second-order valence-electron chi connectivity index (χ2n) is 6.05. The van der Waals surface area contributed by atoms with Crippen LogP contribution >= 0.6 is 0 Å². The van der Waals surface area contributed by atoms with E-state index < -0.39 is 5.97 Å². The summed E-state index contributed by atoms with van der Waals surface area (Å²) in [6.07, 6.45) is 3.02. The van der Waals surface area contributed by atoms with Gasteiger partial charge in [0.15, 0.2) is 0 Å². The zero-order valence-corrected chi connectivity index (χ0v) is 13.8. The molecule has 0 spiro atoms. The van der Waals surface area contributed by atoms with Crippen LogP contribution in [-0.2, 0) is 11.4 Å². The number of benzene rings is 1. The molecule has 1 aromatic heterocycles. The molecule has 25 heavy (non-hydrogen) atoms. The molecule has 1 amide bonds. The number of rotatable bonds is 6. The highest BCUT2D eigenvalue weighted by atomic mass is 16.5.